The highest BCUT2D eigenvalue weighted by atomic mass is 16.6. The lowest BCUT2D eigenvalue weighted by Gasteiger charge is -2.35. The van der Waals surface area contributed by atoms with Crippen molar-refractivity contribution < 1.29 is 34.1 Å². The lowest BCUT2D eigenvalue weighted by molar-refractivity contribution is -0.138. The summed E-state index contributed by atoms with van der Waals surface area (Å²) in [5, 5.41) is 21.5. The summed E-state index contributed by atoms with van der Waals surface area (Å²) in [6, 6.07) is 9.65. The predicted octanol–water partition coefficient (Wildman–Crippen LogP) is 1.50. The molecule has 1 aliphatic heterocycles. The van der Waals surface area contributed by atoms with Crippen molar-refractivity contribution in [2.24, 2.45) is 5.92 Å². The average Bonchev–Trinajstić information content (AvgIpc) is 3.75. The van der Waals surface area contributed by atoms with Crippen LogP contribution < -0.4 is 5.32 Å². The van der Waals surface area contributed by atoms with E-state index < -0.39 is 29.9 Å². The SMILES string of the molecule is CCOC(=O)N1CCN(C(=O)C(CCC(=O)O)NC(=O)c2cc(C3CC3CO)nc(-c3ccccc3)n2)CC1. The Labute approximate surface area is 226 Å². The molecule has 1 saturated carbocycles. The molecule has 2 fully saturated rings. The molecule has 3 amide bonds. The fourth-order valence-corrected chi connectivity index (χ4v) is 4.60. The van der Waals surface area contributed by atoms with E-state index in [1.54, 1.807) is 13.0 Å². The van der Waals surface area contributed by atoms with Crippen LogP contribution in [0.2, 0.25) is 0 Å². The Kier molecular flexibility index (Phi) is 9.07. The first-order valence-electron chi connectivity index (χ1n) is 13.1. The fourth-order valence-electron chi connectivity index (χ4n) is 4.60. The smallest absolute Gasteiger partial charge is 0.409 e. The lowest BCUT2D eigenvalue weighted by Crippen LogP contribution is -2.56. The van der Waals surface area contributed by atoms with Crippen LogP contribution in [-0.4, -0.2) is 99.3 Å². The van der Waals surface area contributed by atoms with Gasteiger partial charge in [-0.3, -0.25) is 14.4 Å². The summed E-state index contributed by atoms with van der Waals surface area (Å²) in [4.78, 5) is 62.1. The van der Waals surface area contributed by atoms with Crippen LogP contribution in [0.15, 0.2) is 36.4 Å². The average molecular weight is 540 g/mol. The number of amides is 3. The van der Waals surface area contributed by atoms with Gasteiger partial charge in [0.2, 0.25) is 5.91 Å². The second kappa shape index (κ2) is 12.7. The molecule has 3 atom stereocenters. The number of aliphatic hydroxyl groups is 1. The molecule has 3 N–H and O–H groups in total. The molecule has 208 valence electrons. The number of benzene rings is 1. The Bertz CT molecular complexity index is 1200. The Morgan fingerprint density at radius 3 is 2.38 bits per heavy atom. The summed E-state index contributed by atoms with van der Waals surface area (Å²) >= 11 is 0. The van der Waals surface area contributed by atoms with Gasteiger partial charge in [-0.1, -0.05) is 30.3 Å². The van der Waals surface area contributed by atoms with Crippen molar-refractivity contribution in [3.05, 3.63) is 47.8 Å². The maximum atomic E-state index is 13.4. The van der Waals surface area contributed by atoms with Crippen molar-refractivity contribution in [3.8, 4) is 11.4 Å². The molecule has 0 spiro atoms. The van der Waals surface area contributed by atoms with Gasteiger partial charge in [0, 0.05) is 56.4 Å². The van der Waals surface area contributed by atoms with E-state index in [0.717, 1.165) is 6.42 Å². The first-order chi connectivity index (χ1) is 18.8. The number of hydrogen-bond donors (Lipinski definition) is 3. The second-order valence-electron chi connectivity index (χ2n) is 9.62. The van der Waals surface area contributed by atoms with Crippen molar-refractivity contribution >= 4 is 23.9 Å². The Hall–Kier alpha value is -4.06. The van der Waals surface area contributed by atoms with Gasteiger partial charge in [-0.25, -0.2) is 14.8 Å². The minimum absolute atomic E-state index is 0.00662. The first-order valence-corrected chi connectivity index (χ1v) is 13.1. The molecule has 12 nitrogen and oxygen atoms in total. The third-order valence-electron chi connectivity index (χ3n) is 6.92. The zero-order valence-electron chi connectivity index (χ0n) is 21.8. The van der Waals surface area contributed by atoms with Crippen LogP contribution in [0.3, 0.4) is 0 Å². The van der Waals surface area contributed by atoms with E-state index in [-0.39, 0.29) is 69.8 Å². The minimum Gasteiger partial charge on any atom is -0.481 e. The number of aliphatic carboxylic acids is 1. The molecule has 4 rings (SSSR count). The number of rotatable bonds is 10. The zero-order valence-corrected chi connectivity index (χ0v) is 21.8. The molecule has 1 saturated heterocycles. The summed E-state index contributed by atoms with van der Waals surface area (Å²) in [7, 11) is 0. The zero-order chi connectivity index (χ0) is 27.9. The van der Waals surface area contributed by atoms with Gasteiger partial charge in [-0.2, -0.15) is 0 Å². The molecule has 1 aromatic heterocycles. The first kappa shape index (κ1) is 28.0. The standard InChI is InChI=1S/C27H33N5O7/c1-2-39-27(38)32-12-10-31(11-13-32)26(37)20(8-9-23(34)35)30-25(36)22-15-21(19-14-18(19)16-33)28-24(29-22)17-6-4-3-5-7-17/h3-7,15,18-20,33H,2,8-14,16H2,1H3,(H,30,36)(H,34,35). The summed E-state index contributed by atoms with van der Waals surface area (Å²) in [6.45, 7) is 2.99. The molecule has 2 heterocycles. The Morgan fingerprint density at radius 1 is 1.08 bits per heavy atom. The number of ether oxygens (including phenoxy) is 1. The van der Waals surface area contributed by atoms with Crippen LogP contribution in [-0.2, 0) is 14.3 Å². The number of carbonyl (C=O) groups is 4. The molecule has 3 unspecified atom stereocenters. The summed E-state index contributed by atoms with van der Waals surface area (Å²) < 4.78 is 5.01. The summed E-state index contributed by atoms with van der Waals surface area (Å²) in [6.07, 6.45) is -0.116. The molecule has 1 aromatic carbocycles. The monoisotopic (exact) mass is 539 g/mol. The van der Waals surface area contributed by atoms with Crippen LogP contribution in [0.5, 0.6) is 0 Å². The number of nitrogens with one attached hydrogen (secondary N) is 1. The number of carbonyl (C=O) groups excluding carboxylic acids is 3. The van der Waals surface area contributed by atoms with Crippen LogP contribution in [0, 0.1) is 5.92 Å². The molecule has 2 aliphatic rings. The van der Waals surface area contributed by atoms with Crippen molar-refractivity contribution in [2.75, 3.05) is 39.4 Å². The van der Waals surface area contributed by atoms with Gasteiger partial charge in [0.25, 0.3) is 5.91 Å². The largest absolute Gasteiger partial charge is 0.481 e. The van der Waals surface area contributed by atoms with E-state index in [1.807, 2.05) is 30.3 Å². The van der Waals surface area contributed by atoms with E-state index in [2.05, 4.69) is 15.3 Å². The Morgan fingerprint density at radius 2 is 1.77 bits per heavy atom. The van der Waals surface area contributed by atoms with Crippen LogP contribution in [0.1, 0.15) is 48.3 Å². The van der Waals surface area contributed by atoms with Gasteiger partial charge in [0.1, 0.15) is 11.7 Å². The fraction of sp³-hybridized carbons (Fsp3) is 0.481. The van der Waals surface area contributed by atoms with E-state index in [4.69, 9.17) is 4.74 Å². The van der Waals surface area contributed by atoms with Gasteiger partial charge in [-0.05, 0) is 31.7 Å². The third-order valence-corrected chi connectivity index (χ3v) is 6.92. The minimum atomic E-state index is -1.09. The lowest BCUT2D eigenvalue weighted by atomic mass is 10.1. The summed E-state index contributed by atoms with van der Waals surface area (Å²) in [5.74, 6) is -1.71. The maximum Gasteiger partial charge on any atom is 0.409 e. The van der Waals surface area contributed by atoms with Crippen molar-refractivity contribution in [2.45, 2.75) is 38.1 Å². The molecule has 0 bridgehead atoms. The molecule has 2 aromatic rings. The normalized spacial score (nSPS) is 19.2. The number of carboxylic acids is 1. The van der Waals surface area contributed by atoms with Crippen molar-refractivity contribution in [1.29, 1.82) is 0 Å². The third kappa shape index (κ3) is 7.08. The topological polar surface area (TPSA) is 162 Å². The van der Waals surface area contributed by atoms with Gasteiger partial charge in [0.15, 0.2) is 5.82 Å². The number of carboxylic acid groups (broad SMARTS) is 1. The molecule has 1 aliphatic carbocycles. The van der Waals surface area contributed by atoms with E-state index in [9.17, 15) is 29.4 Å². The summed E-state index contributed by atoms with van der Waals surface area (Å²) in [5.41, 5.74) is 1.41. The molecule has 0 radical (unpaired) electrons. The van der Waals surface area contributed by atoms with Crippen LogP contribution >= 0.6 is 0 Å². The number of aromatic nitrogens is 2. The van der Waals surface area contributed by atoms with Crippen molar-refractivity contribution in [3.63, 3.8) is 0 Å². The van der Waals surface area contributed by atoms with Crippen molar-refractivity contribution in [1.82, 2.24) is 25.1 Å². The number of hydrogen-bond acceptors (Lipinski definition) is 8. The Balaban J connectivity index is 1.52. The highest BCUT2D eigenvalue weighted by Crippen LogP contribution is 2.46. The van der Waals surface area contributed by atoms with Gasteiger partial charge in [-0.15, -0.1) is 0 Å². The highest BCUT2D eigenvalue weighted by molar-refractivity contribution is 5.96. The number of nitrogens with zero attached hydrogens (tertiary/aromatic N) is 4. The van der Waals surface area contributed by atoms with Crippen LogP contribution in [0.25, 0.3) is 11.4 Å². The van der Waals surface area contributed by atoms with Gasteiger partial charge >= 0.3 is 12.1 Å². The van der Waals surface area contributed by atoms with Crippen LogP contribution in [0.4, 0.5) is 4.79 Å². The molecular formula is C27H33N5O7. The van der Waals surface area contributed by atoms with E-state index in [0.29, 0.717) is 17.1 Å². The second-order valence-corrected chi connectivity index (χ2v) is 9.62. The van der Waals surface area contributed by atoms with Gasteiger partial charge < -0.3 is 30.1 Å². The quantitative estimate of drug-likeness (QED) is 0.406. The number of piperazine rings is 1. The highest BCUT2D eigenvalue weighted by Gasteiger charge is 2.40. The van der Waals surface area contributed by atoms with Gasteiger partial charge in [0.05, 0.1) is 6.61 Å². The molecular weight excluding hydrogens is 506 g/mol. The molecule has 12 heteroatoms. The van der Waals surface area contributed by atoms with E-state index >= 15 is 0 Å². The van der Waals surface area contributed by atoms with E-state index in [1.165, 1.54) is 9.80 Å². The number of aliphatic hydroxyl groups excluding tert-OH is 1. The predicted molar refractivity (Wildman–Crippen MR) is 139 cm³/mol. The molecule has 39 heavy (non-hydrogen) atoms. The maximum absolute atomic E-state index is 13.4.